The van der Waals surface area contributed by atoms with Gasteiger partial charge in [-0.1, -0.05) is 5.57 Å². The Morgan fingerprint density at radius 3 is 1.67 bits per heavy atom. The SMILES string of the molecule is C=C(C)C.C=NC(N)=O. The Hall–Kier alpha value is -1.12. The summed E-state index contributed by atoms with van der Waals surface area (Å²) in [6.07, 6.45) is 0. The molecule has 0 fully saturated rings. The van der Waals surface area contributed by atoms with Crippen LogP contribution in [0.25, 0.3) is 0 Å². The highest BCUT2D eigenvalue weighted by Gasteiger charge is 1.70. The van der Waals surface area contributed by atoms with Crippen molar-refractivity contribution in [3.63, 3.8) is 0 Å². The van der Waals surface area contributed by atoms with Gasteiger partial charge >= 0.3 is 6.03 Å². The standard InChI is InChI=1S/C4H8.C2H4N2O/c1-4(2)3;1-4-2(3)5/h1H2,2-3H3;1H2,(H2,3,5). The maximum atomic E-state index is 9.36. The lowest BCUT2D eigenvalue weighted by molar-refractivity contribution is 0.257. The van der Waals surface area contributed by atoms with E-state index in [0.717, 1.165) is 0 Å². The van der Waals surface area contributed by atoms with Crippen LogP contribution in [0.1, 0.15) is 13.8 Å². The second kappa shape index (κ2) is 6.88. The Kier molecular flexibility index (Phi) is 8.25. The Morgan fingerprint density at radius 1 is 1.56 bits per heavy atom. The van der Waals surface area contributed by atoms with Crippen molar-refractivity contribution in [2.24, 2.45) is 10.7 Å². The van der Waals surface area contributed by atoms with Gasteiger partial charge in [-0.3, -0.25) is 0 Å². The normalized spacial score (nSPS) is 6.44. The van der Waals surface area contributed by atoms with Crippen LogP contribution in [0.3, 0.4) is 0 Å². The third-order valence-corrected chi connectivity index (χ3v) is 0.156. The van der Waals surface area contributed by atoms with Gasteiger partial charge in [0.1, 0.15) is 0 Å². The average molecular weight is 128 g/mol. The van der Waals surface area contributed by atoms with Crippen molar-refractivity contribution in [1.29, 1.82) is 0 Å². The highest BCUT2D eigenvalue weighted by atomic mass is 16.2. The first-order chi connectivity index (χ1) is 4.00. The minimum atomic E-state index is -0.731. The number of aliphatic imine (C=N–C) groups is 1. The van der Waals surface area contributed by atoms with Crippen molar-refractivity contribution in [3.8, 4) is 0 Å². The van der Waals surface area contributed by atoms with Gasteiger partial charge in [-0.05, 0) is 20.6 Å². The molecule has 0 bridgehead atoms. The van der Waals surface area contributed by atoms with E-state index in [0.29, 0.717) is 0 Å². The first-order valence-corrected chi connectivity index (χ1v) is 2.39. The van der Waals surface area contributed by atoms with Crippen LogP contribution in [0.5, 0.6) is 0 Å². The van der Waals surface area contributed by atoms with E-state index in [1.54, 1.807) is 0 Å². The maximum Gasteiger partial charge on any atom is 0.337 e. The molecule has 0 heterocycles. The lowest BCUT2D eigenvalue weighted by atomic mass is 10.4. The quantitative estimate of drug-likeness (QED) is 0.388. The van der Waals surface area contributed by atoms with E-state index in [1.165, 1.54) is 5.57 Å². The topological polar surface area (TPSA) is 55.4 Å². The van der Waals surface area contributed by atoms with Gasteiger partial charge in [0.25, 0.3) is 0 Å². The van der Waals surface area contributed by atoms with Crippen LogP contribution in [0.15, 0.2) is 17.1 Å². The molecule has 0 aromatic carbocycles. The zero-order chi connectivity index (χ0) is 7.86. The van der Waals surface area contributed by atoms with Crippen molar-refractivity contribution in [2.45, 2.75) is 13.8 Å². The number of carbonyl (C=O) groups is 1. The summed E-state index contributed by atoms with van der Waals surface area (Å²) >= 11 is 0. The predicted octanol–water partition coefficient (Wildman–Crippen LogP) is 1.35. The molecule has 0 rings (SSSR count). The fraction of sp³-hybridized carbons (Fsp3) is 0.333. The van der Waals surface area contributed by atoms with E-state index in [4.69, 9.17) is 0 Å². The molecule has 0 unspecified atom stereocenters. The maximum absolute atomic E-state index is 9.36. The number of nitrogens with two attached hydrogens (primary N) is 1. The second-order valence-electron chi connectivity index (χ2n) is 1.70. The molecule has 0 aliphatic rings. The minimum Gasteiger partial charge on any atom is -0.350 e. The summed E-state index contributed by atoms with van der Waals surface area (Å²) in [6.45, 7) is 10.3. The number of urea groups is 1. The minimum absolute atomic E-state index is 0.731. The summed E-state index contributed by atoms with van der Waals surface area (Å²) in [5.74, 6) is 0. The fourth-order valence-corrected chi connectivity index (χ4v) is 0. The number of rotatable bonds is 0. The van der Waals surface area contributed by atoms with E-state index in [-0.39, 0.29) is 0 Å². The number of hydrogen-bond acceptors (Lipinski definition) is 1. The van der Waals surface area contributed by atoms with Gasteiger partial charge in [-0.25, -0.2) is 9.79 Å². The molecule has 2 N–H and O–H groups in total. The van der Waals surface area contributed by atoms with Crippen LogP contribution in [0, 0.1) is 0 Å². The summed E-state index contributed by atoms with van der Waals surface area (Å²) in [5.41, 5.74) is 5.59. The van der Waals surface area contributed by atoms with Gasteiger partial charge < -0.3 is 5.73 Å². The van der Waals surface area contributed by atoms with Crippen molar-refractivity contribution < 1.29 is 4.79 Å². The van der Waals surface area contributed by atoms with Crippen molar-refractivity contribution in [1.82, 2.24) is 0 Å². The lowest BCUT2D eigenvalue weighted by Crippen LogP contribution is -2.01. The van der Waals surface area contributed by atoms with Gasteiger partial charge in [-0.15, -0.1) is 6.58 Å². The predicted molar refractivity (Wildman–Crippen MR) is 39.6 cm³/mol. The summed E-state index contributed by atoms with van der Waals surface area (Å²) in [6, 6.07) is -0.731. The molecule has 0 radical (unpaired) electrons. The molecule has 0 aliphatic heterocycles. The van der Waals surface area contributed by atoms with E-state index in [9.17, 15) is 4.79 Å². The summed E-state index contributed by atoms with van der Waals surface area (Å²) in [7, 11) is 0. The molecule has 0 spiro atoms. The van der Waals surface area contributed by atoms with Crippen LogP contribution in [0.2, 0.25) is 0 Å². The first kappa shape index (κ1) is 10.8. The monoisotopic (exact) mass is 128 g/mol. The number of nitrogens with zero attached hydrogens (tertiary/aromatic N) is 1. The first-order valence-electron chi connectivity index (χ1n) is 2.39. The molecule has 3 nitrogen and oxygen atoms in total. The number of primary amides is 1. The second-order valence-corrected chi connectivity index (χ2v) is 1.70. The molecule has 52 valence electrons. The number of hydrogen-bond donors (Lipinski definition) is 1. The number of amides is 2. The largest absolute Gasteiger partial charge is 0.350 e. The molecule has 3 heteroatoms. The number of allylic oxidation sites excluding steroid dienone is 1. The van der Waals surface area contributed by atoms with E-state index >= 15 is 0 Å². The zero-order valence-electron chi connectivity index (χ0n) is 5.85. The third kappa shape index (κ3) is 212. The van der Waals surface area contributed by atoms with Crippen molar-refractivity contribution in [3.05, 3.63) is 12.2 Å². The zero-order valence-corrected chi connectivity index (χ0v) is 5.85. The molecule has 0 saturated heterocycles. The third-order valence-electron chi connectivity index (χ3n) is 0.156. The van der Waals surface area contributed by atoms with Crippen molar-refractivity contribution in [2.75, 3.05) is 0 Å². The Labute approximate surface area is 55.3 Å². The average Bonchev–Trinajstić information content (AvgIpc) is 1.65. The lowest BCUT2D eigenvalue weighted by Gasteiger charge is -1.66. The molecule has 0 saturated carbocycles. The van der Waals surface area contributed by atoms with Crippen LogP contribution >= 0.6 is 0 Å². The van der Waals surface area contributed by atoms with E-state index in [1.807, 2.05) is 13.8 Å². The van der Waals surface area contributed by atoms with Gasteiger partial charge in [0.2, 0.25) is 0 Å². The van der Waals surface area contributed by atoms with Gasteiger partial charge in [0.05, 0.1) is 0 Å². The smallest absolute Gasteiger partial charge is 0.337 e. The Morgan fingerprint density at radius 2 is 1.67 bits per heavy atom. The van der Waals surface area contributed by atoms with Crippen LogP contribution in [0.4, 0.5) is 4.79 Å². The Balaban J connectivity index is 0. The van der Waals surface area contributed by atoms with Crippen LogP contribution in [-0.4, -0.2) is 12.7 Å². The molecule has 2 amide bonds. The molecule has 0 aromatic rings. The molecule has 0 aliphatic carbocycles. The summed E-state index contributed by atoms with van der Waals surface area (Å²) in [5, 5.41) is 0. The van der Waals surface area contributed by atoms with E-state index in [2.05, 4.69) is 24.0 Å². The van der Waals surface area contributed by atoms with Crippen LogP contribution in [-0.2, 0) is 0 Å². The molecular formula is C6H12N2O. The molecule has 9 heavy (non-hydrogen) atoms. The number of carbonyl (C=O) groups excluding carboxylic acids is 1. The van der Waals surface area contributed by atoms with Gasteiger partial charge in [0.15, 0.2) is 0 Å². The van der Waals surface area contributed by atoms with Crippen LogP contribution < -0.4 is 5.73 Å². The Bertz CT molecular complexity index is 114. The highest BCUT2D eigenvalue weighted by molar-refractivity contribution is 5.76. The molecular weight excluding hydrogens is 116 g/mol. The summed E-state index contributed by atoms with van der Waals surface area (Å²) < 4.78 is 0. The molecule has 0 atom stereocenters. The highest BCUT2D eigenvalue weighted by Crippen LogP contribution is 1.73. The fourth-order valence-electron chi connectivity index (χ4n) is 0. The summed E-state index contributed by atoms with van der Waals surface area (Å²) in [4.78, 5) is 12.1. The van der Waals surface area contributed by atoms with Gasteiger partial charge in [0, 0.05) is 0 Å². The van der Waals surface area contributed by atoms with E-state index < -0.39 is 6.03 Å². The molecule has 0 aromatic heterocycles. The van der Waals surface area contributed by atoms with Gasteiger partial charge in [-0.2, -0.15) is 0 Å². The van der Waals surface area contributed by atoms with Crippen molar-refractivity contribution >= 4 is 12.7 Å².